The maximum atomic E-state index is 2.31. The Kier molecular flexibility index (Phi) is 3.24. The minimum absolute atomic E-state index is 0.0694. The van der Waals surface area contributed by atoms with E-state index in [2.05, 4.69) is 32.1 Å². The van der Waals surface area contributed by atoms with Crippen LogP contribution in [-0.4, -0.2) is 0 Å². The van der Waals surface area contributed by atoms with E-state index in [1.54, 1.807) is 4.47 Å². The number of allylic oxidation sites excluding steroid dienone is 4. The molecule has 0 atom stereocenters. The van der Waals surface area contributed by atoms with Crippen LogP contribution in [0.15, 0.2) is 22.7 Å². The van der Waals surface area contributed by atoms with Crippen LogP contribution in [-0.2, 0) is 13.9 Å². The van der Waals surface area contributed by atoms with Crippen LogP contribution in [0.3, 0.4) is 0 Å². The Morgan fingerprint density at radius 2 is 2.10 bits per heavy atom. The average Bonchev–Trinajstić information content (AvgIpc) is 2.43. The zero-order valence-corrected chi connectivity index (χ0v) is 7.81. The molecule has 0 aromatic heterocycles. The molecule has 0 heterocycles. The van der Waals surface area contributed by atoms with Crippen molar-refractivity contribution in [2.24, 2.45) is 0 Å². The van der Waals surface area contributed by atoms with Crippen molar-refractivity contribution in [2.75, 3.05) is 0 Å². The number of hydrogen-bond donors (Lipinski definition) is 0. The van der Waals surface area contributed by atoms with Gasteiger partial charge in [-0.3, -0.25) is 0 Å². The van der Waals surface area contributed by atoms with Crippen LogP contribution in [0.1, 0.15) is 20.3 Å². The normalized spacial score (nSPS) is 17.4. The molecule has 0 bridgehead atoms. The quantitative estimate of drug-likeness (QED) is 0.583. The monoisotopic (exact) mass is 179 g/mol. The van der Waals surface area contributed by atoms with Gasteiger partial charge >= 0.3 is 67.5 Å². The summed E-state index contributed by atoms with van der Waals surface area (Å²) in [5.74, 6) is 0. The molecular formula is C9H15Fe. The summed E-state index contributed by atoms with van der Waals surface area (Å²) in [5.41, 5.74) is 0. The van der Waals surface area contributed by atoms with Gasteiger partial charge in [0.25, 0.3) is 0 Å². The molecule has 1 aliphatic carbocycles. The van der Waals surface area contributed by atoms with Gasteiger partial charge in [-0.2, -0.15) is 0 Å². The van der Waals surface area contributed by atoms with Crippen molar-refractivity contribution < 1.29 is 13.9 Å². The molecule has 0 saturated heterocycles. The van der Waals surface area contributed by atoms with E-state index in [0.29, 0.717) is 0 Å². The zero-order valence-electron chi connectivity index (χ0n) is 6.71. The summed E-state index contributed by atoms with van der Waals surface area (Å²) in [6, 6.07) is 0. The third-order valence-corrected chi connectivity index (χ3v) is 4.94. The van der Waals surface area contributed by atoms with Crippen molar-refractivity contribution in [1.82, 2.24) is 0 Å². The molecule has 1 aliphatic rings. The topological polar surface area (TPSA) is 0 Å². The van der Waals surface area contributed by atoms with E-state index in [4.69, 9.17) is 0 Å². The van der Waals surface area contributed by atoms with Gasteiger partial charge in [-0.05, 0) is 0 Å². The third kappa shape index (κ3) is 1.74. The second-order valence-corrected chi connectivity index (χ2v) is 5.76. The third-order valence-electron chi connectivity index (χ3n) is 1.64. The van der Waals surface area contributed by atoms with Crippen LogP contribution < -0.4 is 0 Å². The summed E-state index contributed by atoms with van der Waals surface area (Å²) >= 11 is 0.0694. The number of rotatable bonds is 3. The Balaban J connectivity index is 2.47. The molecule has 0 saturated carbocycles. The van der Waals surface area contributed by atoms with Crippen molar-refractivity contribution in [3.63, 3.8) is 0 Å². The van der Waals surface area contributed by atoms with Gasteiger partial charge < -0.3 is 0 Å². The van der Waals surface area contributed by atoms with Crippen molar-refractivity contribution >= 4 is 0 Å². The van der Waals surface area contributed by atoms with Gasteiger partial charge in [-0.25, -0.2) is 0 Å². The first-order valence-corrected chi connectivity index (χ1v) is 5.92. The summed E-state index contributed by atoms with van der Waals surface area (Å²) in [7, 11) is 0. The molecule has 0 aromatic rings. The van der Waals surface area contributed by atoms with E-state index in [1.807, 2.05) is 0 Å². The van der Waals surface area contributed by atoms with Crippen molar-refractivity contribution in [1.29, 1.82) is 0 Å². The van der Waals surface area contributed by atoms with Gasteiger partial charge in [-0.15, -0.1) is 0 Å². The van der Waals surface area contributed by atoms with Gasteiger partial charge in [0.05, 0.1) is 0 Å². The average molecular weight is 179 g/mol. The van der Waals surface area contributed by atoms with Crippen molar-refractivity contribution in [3.05, 3.63) is 22.7 Å². The first-order chi connectivity index (χ1) is 4.88. The van der Waals surface area contributed by atoms with Crippen LogP contribution in [0, 0.1) is 0 Å². The fraction of sp³-hybridized carbons (Fsp3) is 0.556. The Labute approximate surface area is 67.9 Å². The predicted octanol–water partition coefficient (Wildman–Crippen LogP) is 3.32. The molecule has 1 heteroatoms. The van der Waals surface area contributed by atoms with E-state index >= 15 is 0 Å². The van der Waals surface area contributed by atoms with Gasteiger partial charge in [-0.1, -0.05) is 0 Å². The van der Waals surface area contributed by atoms with Gasteiger partial charge in [0.15, 0.2) is 0 Å². The number of hydrogen-bond acceptors (Lipinski definition) is 0. The summed E-state index contributed by atoms with van der Waals surface area (Å²) in [6.45, 7) is 4.62. The van der Waals surface area contributed by atoms with Crippen LogP contribution >= 0.6 is 0 Å². The second-order valence-electron chi connectivity index (χ2n) is 2.16. The molecule has 0 spiro atoms. The maximum absolute atomic E-state index is 2.31. The van der Waals surface area contributed by atoms with Crippen LogP contribution in [0.4, 0.5) is 0 Å². The van der Waals surface area contributed by atoms with E-state index < -0.39 is 0 Å². The second kappa shape index (κ2) is 4.00. The molecule has 0 radical (unpaired) electrons. The Bertz CT molecular complexity index is 152. The van der Waals surface area contributed by atoms with Crippen LogP contribution in [0.5, 0.6) is 0 Å². The SMILES string of the molecule is C[CH2][Fe]([CH2]C)[C]1=CC=CC1. The molecule has 0 fully saturated rings. The van der Waals surface area contributed by atoms with Gasteiger partial charge in [0.1, 0.15) is 0 Å². The van der Waals surface area contributed by atoms with E-state index in [1.165, 1.54) is 17.1 Å². The fourth-order valence-corrected chi connectivity index (χ4v) is 3.47. The predicted molar refractivity (Wildman–Crippen MR) is 42.8 cm³/mol. The van der Waals surface area contributed by atoms with Crippen LogP contribution in [0.2, 0.25) is 10.6 Å². The molecule has 0 N–H and O–H groups in total. The molecule has 0 nitrogen and oxygen atoms in total. The minimum atomic E-state index is 0.0694. The Morgan fingerprint density at radius 1 is 1.40 bits per heavy atom. The fourth-order valence-electron chi connectivity index (χ4n) is 1.10. The Morgan fingerprint density at radius 3 is 2.50 bits per heavy atom. The standard InChI is InChI=1S/C5H5.2C2H5.Fe/c1-2-4-5-3-1;2*1-2;/h1-3H,4H2;2*1H2,2H3;. The van der Waals surface area contributed by atoms with E-state index in [9.17, 15) is 0 Å². The molecule has 0 aromatic carbocycles. The zero-order chi connectivity index (χ0) is 7.40. The summed E-state index contributed by atoms with van der Waals surface area (Å²) in [4.78, 5) is 0. The summed E-state index contributed by atoms with van der Waals surface area (Å²) in [6.07, 6.45) is 8.01. The Hall–Kier alpha value is -0.000519. The molecule has 59 valence electrons. The van der Waals surface area contributed by atoms with Crippen molar-refractivity contribution in [2.45, 2.75) is 30.9 Å². The van der Waals surface area contributed by atoms with Crippen LogP contribution in [0.25, 0.3) is 0 Å². The summed E-state index contributed by atoms with van der Waals surface area (Å²) < 4.78 is 1.71. The van der Waals surface area contributed by atoms with E-state index in [-0.39, 0.29) is 13.9 Å². The van der Waals surface area contributed by atoms with E-state index in [0.717, 1.165) is 0 Å². The molecule has 10 heavy (non-hydrogen) atoms. The summed E-state index contributed by atoms with van der Waals surface area (Å²) in [5, 5.41) is 2.76. The molecule has 0 aliphatic heterocycles. The molecular weight excluding hydrogens is 164 g/mol. The molecule has 0 unspecified atom stereocenters. The molecule has 0 amide bonds. The van der Waals surface area contributed by atoms with Gasteiger partial charge in [0, 0.05) is 0 Å². The first kappa shape index (κ1) is 8.10. The first-order valence-electron chi connectivity index (χ1n) is 3.81. The van der Waals surface area contributed by atoms with Gasteiger partial charge in [0.2, 0.25) is 0 Å². The molecule has 1 rings (SSSR count). The van der Waals surface area contributed by atoms with Crippen molar-refractivity contribution in [3.8, 4) is 0 Å².